The lowest BCUT2D eigenvalue weighted by atomic mass is 9.92. The van der Waals surface area contributed by atoms with Crippen LogP contribution in [0, 0.1) is 0 Å². The fourth-order valence-electron chi connectivity index (χ4n) is 3.11. The van der Waals surface area contributed by atoms with Gasteiger partial charge in [-0.15, -0.1) is 0 Å². The first-order valence-corrected chi connectivity index (χ1v) is 8.20. The van der Waals surface area contributed by atoms with Gasteiger partial charge in [0.25, 0.3) is 0 Å². The van der Waals surface area contributed by atoms with E-state index in [0.29, 0.717) is 13.1 Å². The second-order valence-corrected chi connectivity index (χ2v) is 6.22. The van der Waals surface area contributed by atoms with Crippen molar-refractivity contribution in [2.45, 2.75) is 30.9 Å². The number of likely N-dealkylation sites (tertiary alicyclic amines) is 1. The van der Waals surface area contributed by atoms with E-state index in [9.17, 15) is 15.3 Å². The average molecular weight is 325 g/mol. The van der Waals surface area contributed by atoms with Gasteiger partial charge < -0.3 is 15.3 Å². The first-order valence-electron chi connectivity index (χ1n) is 8.20. The maximum Gasteiger partial charge on any atom is 0.109 e. The molecule has 1 heterocycles. The van der Waals surface area contributed by atoms with Gasteiger partial charge in [-0.3, -0.25) is 4.90 Å². The van der Waals surface area contributed by atoms with Crippen molar-refractivity contribution in [2.24, 2.45) is 0 Å². The van der Waals surface area contributed by atoms with E-state index in [1.54, 1.807) is 0 Å². The van der Waals surface area contributed by atoms with Crippen LogP contribution in [0.3, 0.4) is 0 Å². The number of hydrogen-bond donors (Lipinski definition) is 3. The van der Waals surface area contributed by atoms with Crippen molar-refractivity contribution in [3.8, 4) is 0 Å². The van der Waals surface area contributed by atoms with Crippen molar-refractivity contribution in [3.05, 3.63) is 77.9 Å². The topological polar surface area (TPSA) is 63.9 Å². The molecule has 0 spiro atoms. The van der Waals surface area contributed by atoms with Crippen LogP contribution < -0.4 is 0 Å². The molecular weight excluding hydrogens is 302 g/mol. The maximum absolute atomic E-state index is 10.4. The Morgan fingerprint density at radius 3 is 2.17 bits per heavy atom. The zero-order valence-electron chi connectivity index (χ0n) is 13.4. The molecule has 0 unspecified atom stereocenters. The van der Waals surface area contributed by atoms with Crippen LogP contribution in [0.1, 0.15) is 11.1 Å². The summed E-state index contributed by atoms with van der Waals surface area (Å²) in [5.41, 5.74) is 2.14. The van der Waals surface area contributed by atoms with E-state index in [1.165, 1.54) is 0 Å². The van der Waals surface area contributed by atoms with Crippen LogP contribution in [0.5, 0.6) is 0 Å². The molecule has 0 saturated carbocycles. The molecule has 0 amide bonds. The summed E-state index contributed by atoms with van der Waals surface area (Å²) in [5, 5.41) is 30.5. The van der Waals surface area contributed by atoms with Crippen LogP contribution in [0.25, 0.3) is 6.08 Å². The highest BCUT2D eigenvalue weighted by molar-refractivity contribution is 5.49. The Morgan fingerprint density at radius 2 is 1.50 bits per heavy atom. The molecule has 0 aliphatic carbocycles. The largest absolute Gasteiger partial charge is 0.389 e. The van der Waals surface area contributed by atoms with E-state index < -0.39 is 18.3 Å². The quantitative estimate of drug-likeness (QED) is 0.800. The number of benzene rings is 2. The Morgan fingerprint density at radius 1 is 0.875 bits per heavy atom. The van der Waals surface area contributed by atoms with Gasteiger partial charge in [0.2, 0.25) is 0 Å². The molecule has 0 radical (unpaired) electrons. The normalized spacial score (nSPS) is 28.3. The van der Waals surface area contributed by atoms with Crippen LogP contribution in [-0.4, -0.2) is 51.1 Å². The molecule has 1 fully saturated rings. The molecule has 4 heteroatoms. The van der Waals surface area contributed by atoms with Crippen LogP contribution in [-0.2, 0) is 6.54 Å². The molecule has 0 bridgehead atoms. The minimum atomic E-state index is -1.14. The van der Waals surface area contributed by atoms with Gasteiger partial charge in [-0.25, -0.2) is 0 Å². The molecule has 3 rings (SSSR count). The summed E-state index contributed by atoms with van der Waals surface area (Å²) in [7, 11) is 0. The highest BCUT2D eigenvalue weighted by Gasteiger charge is 2.39. The molecule has 126 valence electrons. The zero-order chi connectivity index (χ0) is 16.9. The molecule has 1 saturated heterocycles. The van der Waals surface area contributed by atoms with Crippen molar-refractivity contribution in [1.29, 1.82) is 0 Å². The van der Waals surface area contributed by atoms with Crippen LogP contribution in [0.4, 0.5) is 0 Å². The van der Waals surface area contributed by atoms with E-state index in [2.05, 4.69) is 0 Å². The fraction of sp³-hybridized carbons (Fsp3) is 0.300. The highest BCUT2D eigenvalue weighted by Crippen LogP contribution is 2.23. The second-order valence-electron chi connectivity index (χ2n) is 6.22. The lowest BCUT2D eigenvalue weighted by molar-refractivity contribution is -0.128. The summed E-state index contributed by atoms with van der Waals surface area (Å²) >= 11 is 0. The van der Waals surface area contributed by atoms with Crippen LogP contribution >= 0.6 is 0 Å². The van der Waals surface area contributed by atoms with E-state index in [-0.39, 0.29) is 6.04 Å². The average Bonchev–Trinajstić information content (AvgIpc) is 2.61. The number of hydrogen-bond acceptors (Lipinski definition) is 4. The van der Waals surface area contributed by atoms with Crippen molar-refractivity contribution >= 4 is 6.08 Å². The first-order chi connectivity index (χ1) is 11.6. The predicted octanol–water partition coefficient (Wildman–Crippen LogP) is 1.67. The summed E-state index contributed by atoms with van der Waals surface area (Å²) in [6.07, 6.45) is 0.721. The summed E-state index contributed by atoms with van der Waals surface area (Å²) < 4.78 is 0. The monoisotopic (exact) mass is 325 g/mol. The SMILES string of the molecule is O[C@@H]1[C@@H](O)[C@@H](/C=C/c2ccccc2)N(Cc2ccccc2)C[C@H]1O. The molecule has 0 aromatic heterocycles. The molecule has 2 aromatic rings. The smallest absolute Gasteiger partial charge is 0.109 e. The van der Waals surface area contributed by atoms with E-state index in [0.717, 1.165) is 11.1 Å². The maximum atomic E-state index is 10.4. The molecule has 4 nitrogen and oxygen atoms in total. The van der Waals surface area contributed by atoms with Crippen LogP contribution in [0.15, 0.2) is 66.7 Å². The third-order valence-electron chi connectivity index (χ3n) is 4.45. The zero-order valence-corrected chi connectivity index (χ0v) is 13.4. The highest BCUT2D eigenvalue weighted by atomic mass is 16.4. The van der Waals surface area contributed by atoms with Gasteiger partial charge in [-0.2, -0.15) is 0 Å². The van der Waals surface area contributed by atoms with Crippen molar-refractivity contribution in [2.75, 3.05) is 6.54 Å². The first kappa shape index (κ1) is 16.9. The number of rotatable bonds is 4. The predicted molar refractivity (Wildman–Crippen MR) is 94.1 cm³/mol. The second kappa shape index (κ2) is 7.73. The summed E-state index contributed by atoms with van der Waals surface area (Å²) in [5.74, 6) is 0. The lowest BCUT2D eigenvalue weighted by Crippen LogP contribution is -2.60. The number of β-amino-alcohol motifs (C(OH)–C–C–N with tert-alkyl or cyclic N) is 1. The third-order valence-corrected chi connectivity index (χ3v) is 4.45. The van der Waals surface area contributed by atoms with Gasteiger partial charge in [0.15, 0.2) is 0 Å². The molecule has 1 aliphatic rings. The van der Waals surface area contributed by atoms with Gasteiger partial charge in [0.1, 0.15) is 12.2 Å². The molecule has 24 heavy (non-hydrogen) atoms. The Balaban J connectivity index is 1.81. The Hall–Kier alpha value is -1.98. The van der Waals surface area contributed by atoms with Gasteiger partial charge >= 0.3 is 0 Å². The van der Waals surface area contributed by atoms with Gasteiger partial charge in [-0.05, 0) is 11.1 Å². The standard InChI is InChI=1S/C20H23NO3/c22-18-14-21(13-16-9-5-2-6-10-16)17(19(23)20(18)24)12-11-15-7-3-1-4-8-15/h1-12,17-20,22-24H,13-14H2/b12-11+/t17-,18-,19+,20+/m1/s1. The Bertz CT molecular complexity index is 659. The number of aliphatic hydroxyl groups excluding tert-OH is 3. The van der Waals surface area contributed by atoms with Crippen LogP contribution in [0.2, 0.25) is 0 Å². The molecule has 3 N–H and O–H groups in total. The number of aliphatic hydroxyl groups is 3. The minimum Gasteiger partial charge on any atom is -0.389 e. The summed E-state index contributed by atoms with van der Waals surface area (Å²) in [6, 6.07) is 19.4. The lowest BCUT2D eigenvalue weighted by Gasteiger charge is -2.42. The fourth-order valence-corrected chi connectivity index (χ4v) is 3.11. The molecule has 2 aromatic carbocycles. The van der Waals surface area contributed by atoms with Crippen molar-refractivity contribution in [3.63, 3.8) is 0 Å². The van der Waals surface area contributed by atoms with Gasteiger partial charge in [0.05, 0.1) is 12.1 Å². The molecule has 4 atom stereocenters. The number of piperidine rings is 1. The van der Waals surface area contributed by atoms with E-state index in [4.69, 9.17) is 0 Å². The molecular formula is C20H23NO3. The van der Waals surface area contributed by atoms with E-state index >= 15 is 0 Å². The summed E-state index contributed by atoms with van der Waals surface area (Å²) in [4.78, 5) is 2.00. The van der Waals surface area contributed by atoms with E-state index in [1.807, 2.05) is 77.7 Å². The van der Waals surface area contributed by atoms with Crippen molar-refractivity contribution in [1.82, 2.24) is 4.90 Å². The van der Waals surface area contributed by atoms with Crippen molar-refractivity contribution < 1.29 is 15.3 Å². The summed E-state index contributed by atoms with van der Waals surface area (Å²) in [6.45, 7) is 0.919. The van der Waals surface area contributed by atoms with Gasteiger partial charge in [-0.1, -0.05) is 72.8 Å². The third kappa shape index (κ3) is 3.91. The minimum absolute atomic E-state index is 0.316. The Labute approximate surface area is 142 Å². The van der Waals surface area contributed by atoms with Gasteiger partial charge in [0, 0.05) is 13.1 Å². The molecule has 1 aliphatic heterocycles. The Kier molecular flexibility index (Phi) is 5.43. The number of nitrogens with zero attached hydrogens (tertiary/aromatic N) is 1.